The number of carboxylic acid groups (broad SMARTS) is 1. The van der Waals surface area contributed by atoms with Crippen LogP contribution in [-0.2, 0) is 16.0 Å². The minimum absolute atomic E-state index is 0.0563. The summed E-state index contributed by atoms with van der Waals surface area (Å²) in [6.07, 6.45) is -0.302. The summed E-state index contributed by atoms with van der Waals surface area (Å²) in [4.78, 5) is 26.1. The second-order valence-corrected chi connectivity index (χ2v) is 5.24. The quantitative estimate of drug-likeness (QED) is 0.715. The zero-order chi connectivity index (χ0) is 19.8. The number of aromatic nitrogens is 1. The molecule has 2 aromatic rings. The minimum atomic E-state index is -1.15. The molecule has 112 valence electrons. The molecule has 21 heavy (non-hydrogen) atoms. The molecule has 0 aliphatic rings. The van der Waals surface area contributed by atoms with Gasteiger partial charge in [-0.1, -0.05) is 32.0 Å². The van der Waals surface area contributed by atoms with Gasteiger partial charge in [-0.3, -0.25) is 4.79 Å². The molecule has 5 nitrogen and oxygen atoms in total. The van der Waals surface area contributed by atoms with Crippen molar-refractivity contribution in [3.05, 3.63) is 35.9 Å². The molecule has 0 radical (unpaired) electrons. The van der Waals surface area contributed by atoms with E-state index in [1.807, 2.05) is 13.8 Å². The Labute approximate surface area is 130 Å². The number of aromatic amines is 1. The Morgan fingerprint density at radius 3 is 2.76 bits per heavy atom. The molecule has 1 amide bonds. The maximum atomic E-state index is 12.3. The van der Waals surface area contributed by atoms with Crippen LogP contribution in [0.5, 0.6) is 0 Å². The maximum Gasteiger partial charge on any atom is 0.326 e. The lowest BCUT2D eigenvalue weighted by atomic mass is 10.0. The molecule has 0 unspecified atom stereocenters. The number of amides is 1. The van der Waals surface area contributed by atoms with Crippen molar-refractivity contribution in [2.75, 3.05) is 0 Å². The average Bonchev–Trinajstić information content (AvgIpc) is 2.86. The number of rotatable bonds is 6. The SMILES string of the molecule is [2H]c1[nH]c2c([2H])c([2H])c([2H])c([2H])c2c1CC(=O)[15NH][C@@H](CC(C)C)C(=O)O. The fourth-order valence-electron chi connectivity index (χ4n) is 2.06. The maximum absolute atomic E-state index is 12.3. The number of hydrogen-bond acceptors (Lipinski definition) is 2. The van der Waals surface area contributed by atoms with E-state index < -0.39 is 30.0 Å². The number of aliphatic carboxylic acids is 1. The number of nitrogens with one attached hydrogen (secondary N) is 2. The van der Waals surface area contributed by atoms with Crippen molar-refractivity contribution in [2.24, 2.45) is 5.92 Å². The van der Waals surface area contributed by atoms with Gasteiger partial charge >= 0.3 is 5.97 Å². The standard InChI is InChI=1S/C16H20N2O3/c1-10(2)7-14(16(20)21)18-15(19)8-11-9-17-13-6-4-3-5-12(11)13/h3-6,9-10,14,17H,7-8H2,1-2H3,(H,18,19)(H,20,21)/t14-/m0/s1/i3D,4D,5D,6D,9D,18+1. The van der Waals surface area contributed by atoms with E-state index in [1.165, 1.54) is 0 Å². The fourth-order valence-corrected chi connectivity index (χ4v) is 2.06. The lowest BCUT2D eigenvalue weighted by Gasteiger charge is -2.16. The number of fused-ring (bicyclic) bond motifs is 1. The van der Waals surface area contributed by atoms with Gasteiger partial charge in [-0.15, -0.1) is 0 Å². The molecule has 2 rings (SSSR count). The molecule has 0 spiro atoms. The van der Waals surface area contributed by atoms with E-state index >= 15 is 0 Å². The van der Waals surface area contributed by atoms with E-state index in [2.05, 4.69) is 10.3 Å². The minimum Gasteiger partial charge on any atom is -0.480 e. The van der Waals surface area contributed by atoms with Crippen molar-refractivity contribution >= 4 is 22.8 Å². The summed E-state index contributed by atoms with van der Waals surface area (Å²) in [5, 5.41) is 11.7. The fraction of sp³-hybridized carbons (Fsp3) is 0.375. The van der Waals surface area contributed by atoms with Gasteiger partial charge < -0.3 is 15.4 Å². The average molecular weight is 294 g/mol. The summed E-state index contributed by atoms with van der Waals surface area (Å²) in [7, 11) is 0. The highest BCUT2D eigenvalue weighted by molar-refractivity contribution is 5.90. The lowest BCUT2D eigenvalue weighted by molar-refractivity contribution is -0.142. The summed E-state index contributed by atoms with van der Waals surface area (Å²) < 4.78 is 39.3. The zero-order valence-corrected chi connectivity index (χ0v) is 11.8. The van der Waals surface area contributed by atoms with Crippen molar-refractivity contribution in [1.29, 1.82) is 0 Å². The monoisotopic (exact) mass is 294 g/mol. The van der Waals surface area contributed by atoms with Crippen molar-refractivity contribution in [1.82, 2.24) is 10.3 Å². The van der Waals surface area contributed by atoms with Crippen molar-refractivity contribution in [3.8, 4) is 0 Å². The van der Waals surface area contributed by atoms with Gasteiger partial charge in [-0.2, -0.15) is 0 Å². The van der Waals surface area contributed by atoms with Gasteiger partial charge in [0.2, 0.25) is 5.91 Å². The number of carboxylic acids is 1. The molecule has 1 heterocycles. The molecule has 1 atom stereocenters. The predicted octanol–water partition coefficient (Wildman–Crippen LogP) is 2.33. The number of H-pyrrole nitrogens is 1. The number of para-hydroxylation sites is 1. The molecule has 1 aromatic heterocycles. The molecular formula is C16H20N2O3. The molecule has 0 fully saturated rings. The third kappa shape index (κ3) is 3.84. The van der Waals surface area contributed by atoms with E-state index in [0.717, 1.165) is 0 Å². The Morgan fingerprint density at radius 2 is 2.10 bits per heavy atom. The largest absolute Gasteiger partial charge is 0.480 e. The van der Waals surface area contributed by atoms with E-state index in [-0.39, 0.29) is 53.5 Å². The lowest BCUT2D eigenvalue weighted by Crippen LogP contribution is -2.42. The van der Waals surface area contributed by atoms with Gasteiger partial charge in [0.05, 0.1) is 13.3 Å². The van der Waals surface area contributed by atoms with Crippen molar-refractivity contribution < 1.29 is 21.5 Å². The summed E-state index contributed by atoms with van der Waals surface area (Å²) in [6, 6.07) is -2.59. The number of carbonyl (C=O) groups excluding carboxylic acids is 1. The highest BCUT2D eigenvalue weighted by Crippen LogP contribution is 2.18. The summed E-state index contributed by atoms with van der Waals surface area (Å²) in [5.41, 5.74) is 0.166. The first-order chi connectivity index (χ1) is 12.0. The summed E-state index contributed by atoms with van der Waals surface area (Å²) in [5.74, 6) is -1.72. The van der Waals surface area contributed by atoms with Crippen LogP contribution in [0.15, 0.2) is 30.3 Å². The van der Waals surface area contributed by atoms with Crippen LogP contribution < -0.4 is 5.32 Å². The normalized spacial score (nSPS) is 15.9. The van der Waals surface area contributed by atoms with Crippen molar-refractivity contribution in [2.45, 2.75) is 32.7 Å². The molecule has 0 saturated carbocycles. The molecule has 1 aromatic carbocycles. The third-order valence-electron chi connectivity index (χ3n) is 3.01. The second kappa shape index (κ2) is 6.43. The predicted molar refractivity (Wildman–Crippen MR) is 81.0 cm³/mol. The van der Waals surface area contributed by atoms with Crippen LogP contribution in [0.3, 0.4) is 0 Å². The summed E-state index contributed by atoms with van der Waals surface area (Å²) in [6.45, 7) is 3.67. The van der Waals surface area contributed by atoms with Crippen LogP contribution >= 0.6 is 0 Å². The van der Waals surface area contributed by atoms with Gasteiger partial charge in [0.1, 0.15) is 6.04 Å². The summed E-state index contributed by atoms with van der Waals surface area (Å²) >= 11 is 0. The smallest absolute Gasteiger partial charge is 0.326 e. The Morgan fingerprint density at radius 1 is 1.38 bits per heavy atom. The number of benzene rings is 1. The van der Waals surface area contributed by atoms with Crippen LogP contribution in [-0.4, -0.2) is 28.0 Å². The second-order valence-electron chi connectivity index (χ2n) is 5.24. The molecule has 0 bridgehead atoms. The molecule has 0 aliphatic heterocycles. The third-order valence-corrected chi connectivity index (χ3v) is 3.01. The Kier molecular flexibility index (Phi) is 2.94. The van der Waals surface area contributed by atoms with Gasteiger partial charge in [0.15, 0.2) is 0 Å². The van der Waals surface area contributed by atoms with Gasteiger partial charge in [-0.05, 0) is 23.9 Å². The van der Waals surface area contributed by atoms with Crippen LogP contribution in [0.2, 0.25) is 0 Å². The molecule has 0 aliphatic carbocycles. The molecule has 3 N–H and O–H groups in total. The van der Waals surface area contributed by atoms with Crippen LogP contribution in [0.1, 0.15) is 32.7 Å². The van der Waals surface area contributed by atoms with Gasteiger partial charge in [-0.25, -0.2) is 4.79 Å². The van der Waals surface area contributed by atoms with Gasteiger partial charge in [0, 0.05) is 17.1 Å². The Hall–Kier alpha value is -2.30. The number of carbonyl (C=O) groups is 2. The van der Waals surface area contributed by atoms with Crippen molar-refractivity contribution in [3.63, 3.8) is 0 Å². The first kappa shape index (κ1) is 9.60. The molecule has 0 saturated heterocycles. The van der Waals surface area contributed by atoms with Crippen LogP contribution in [0.4, 0.5) is 0 Å². The van der Waals surface area contributed by atoms with E-state index in [0.29, 0.717) is 0 Å². The topological polar surface area (TPSA) is 82.2 Å². The molecule has 5 heteroatoms. The van der Waals surface area contributed by atoms with E-state index in [1.54, 1.807) is 0 Å². The highest BCUT2D eigenvalue weighted by atomic mass is 16.4. The molecular weight excluding hydrogens is 269 g/mol. The zero-order valence-electron chi connectivity index (χ0n) is 16.8. The van der Waals surface area contributed by atoms with Gasteiger partial charge in [0.25, 0.3) is 0 Å². The van der Waals surface area contributed by atoms with E-state index in [9.17, 15) is 14.7 Å². The van der Waals surface area contributed by atoms with Crippen LogP contribution in [0, 0.1) is 5.92 Å². The Balaban J connectivity index is 2.38. The first-order valence-corrected chi connectivity index (χ1v) is 6.64. The van der Waals surface area contributed by atoms with E-state index in [4.69, 9.17) is 6.85 Å². The Bertz CT molecular complexity index is 879. The highest BCUT2D eigenvalue weighted by Gasteiger charge is 2.21. The number of hydrogen-bond donors (Lipinski definition) is 3. The van der Waals surface area contributed by atoms with Crippen LogP contribution in [0.25, 0.3) is 10.9 Å². The first-order valence-electron chi connectivity index (χ1n) is 9.14.